The molecule has 1 aliphatic heterocycles. The number of aromatic amines is 1. The van der Waals surface area contributed by atoms with Crippen molar-refractivity contribution >= 4 is 5.91 Å². The minimum atomic E-state index is -0.582. The Morgan fingerprint density at radius 3 is 3.00 bits per heavy atom. The lowest BCUT2D eigenvalue weighted by atomic mass is 10.0. The van der Waals surface area contributed by atoms with E-state index in [4.69, 9.17) is 0 Å². The molecule has 1 aliphatic rings. The molecule has 2 aromatic heterocycles. The normalized spacial score (nSPS) is 20.9. The molecular formula is C15H19N5O3. The van der Waals surface area contributed by atoms with E-state index in [1.165, 1.54) is 17.0 Å². The molecule has 2 N–H and O–H groups in total. The Morgan fingerprint density at radius 2 is 2.30 bits per heavy atom. The highest BCUT2D eigenvalue weighted by Gasteiger charge is 2.34. The molecule has 3 rings (SSSR count). The van der Waals surface area contributed by atoms with Crippen molar-refractivity contribution in [3.05, 3.63) is 46.4 Å². The van der Waals surface area contributed by atoms with Crippen LogP contribution < -0.4 is 5.69 Å². The first kappa shape index (κ1) is 15.4. The molecule has 1 saturated heterocycles. The highest BCUT2D eigenvalue weighted by atomic mass is 16.3. The highest BCUT2D eigenvalue weighted by Crippen LogP contribution is 2.21. The molecule has 0 radical (unpaired) electrons. The zero-order chi connectivity index (χ0) is 16.4. The van der Waals surface area contributed by atoms with Crippen LogP contribution in [0.2, 0.25) is 0 Å². The predicted octanol–water partition coefficient (Wildman–Crippen LogP) is -0.663. The minimum Gasteiger partial charge on any atom is -0.391 e. The van der Waals surface area contributed by atoms with Crippen molar-refractivity contribution in [1.82, 2.24) is 24.6 Å². The summed E-state index contributed by atoms with van der Waals surface area (Å²) in [6.07, 6.45) is 2.96. The van der Waals surface area contributed by atoms with Gasteiger partial charge in [0, 0.05) is 37.1 Å². The van der Waals surface area contributed by atoms with Crippen molar-refractivity contribution in [3.63, 3.8) is 0 Å². The zero-order valence-corrected chi connectivity index (χ0v) is 12.8. The van der Waals surface area contributed by atoms with E-state index >= 15 is 0 Å². The molecule has 8 heteroatoms. The van der Waals surface area contributed by atoms with Gasteiger partial charge in [-0.1, -0.05) is 0 Å². The second-order valence-electron chi connectivity index (χ2n) is 5.90. The Labute approximate surface area is 132 Å². The first-order valence-corrected chi connectivity index (χ1v) is 7.51. The van der Waals surface area contributed by atoms with Crippen LogP contribution in [0.1, 0.15) is 11.4 Å². The fraction of sp³-hybridized carbons (Fsp3) is 0.467. The van der Waals surface area contributed by atoms with Crippen LogP contribution in [0, 0.1) is 12.8 Å². The van der Waals surface area contributed by atoms with E-state index in [1.54, 1.807) is 11.0 Å². The monoisotopic (exact) mass is 317 g/mol. The fourth-order valence-electron chi connectivity index (χ4n) is 2.86. The van der Waals surface area contributed by atoms with Gasteiger partial charge in [0.2, 0.25) is 5.91 Å². The Hall–Kier alpha value is -2.48. The minimum absolute atomic E-state index is 0.0488. The number of hydrogen-bond acceptors (Lipinski definition) is 5. The van der Waals surface area contributed by atoms with Crippen LogP contribution in [-0.2, 0) is 17.8 Å². The number of nitrogens with zero attached hydrogens (tertiary/aromatic N) is 4. The summed E-state index contributed by atoms with van der Waals surface area (Å²) in [7, 11) is 0. The number of H-pyrrole nitrogens is 1. The van der Waals surface area contributed by atoms with Crippen LogP contribution in [0.15, 0.2) is 29.3 Å². The number of rotatable bonds is 4. The predicted molar refractivity (Wildman–Crippen MR) is 81.6 cm³/mol. The molecule has 1 amide bonds. The second kappa shape index (κ2) is 6.33. The lowest BCUT2D eigenvalue weighted by Crippen LogP contribution is -2.36. The molecule has 8 nitrogen and oxygen atoms in total. The molecule has 0 unspecified atom stereocenters. The van der Waals surface area contributed by atoms with Gasteiger partial charge in [0.05, 0.1) is 11.8 Å². The van der Waals surface area contributed by atoms with Gasteiger partial charge in [0.1, 0.15) is 6.54 Å². The van der Waals surface area contributed by atoms with Crippen LogP contribution in [-0.4, -0.2) is 54.9 Å². The summed E-state index contributed by atoms with van der Waals surface area (Å²) in [6, 6.07) is 3.54. The van der Waals surface area contributed by atoms with Crippen LogP contribution in [0.4, 0.5) is 0 Å². The first-order chi connectivity index (χ1) is 11.0. The topological polar surface area (TPSA) is 104 Å². The van der Waals surface area contributed by atoms with E-state index in [2.05, 4.69) is 15.2 Å². The number of carbonyl (C=O) groups excluding carboxylic acids is 1. The second-order valence-corrected chi connectivity index (χ2v) is 5.90. The highest BCUT2D eigenvalue weighted by molar-refractivity contribution is 5.76. The smallest absolute Gasteiger partial charge is 0.347 e. The quantitative estimate of drug-likeness (QED) is 0.779. The van der Waals surface area contributed by atoms with Crippen molar-refractivity contribution in [2.24, 2.45) is 5.92 Å². The van der Waals surface area contributed by atoms with Gasteiger partial charge in [-0.15, -0.1) is 0 Å². The van der Waals surface area contributed by atoms with E-state index in [9.17, 15) is 14.7 Å². The zero-order valence-electron chi connectivity index (χ0n) is 12.8. The third kappa shape index (κ3) is 3.48. The number of likely N-dealkylation sites (tertiary alicyclic amines) is 1. The number of amides is 1. The number of aryl methyl sites for hydroxylation is 1. The SMILES string of the molecule is Cc1cc(C[C@@H]2CN(C(=O)Cn3cccnc3=O)C[C@H]2O)n[nH]1. The van der Waals surface area contributed by atoms with Gasteiger partial charge < -0.3 is 10.0 Å². The van der Waals surface area contributed by atoms with Crippen LogP contribution in [0.5, 0.6) is 0 Å². The van der Waals surface area contributed by atoms with Gasteiger partial charge in [-0.05, 0) is 25.5 Å². The molecule has 0 aromatic carbocycles. The van der Waals surface area contributed by atoms with Gasteiger partial charge in [0.15, 0.2) is 0 Å². The summed E-state index contributed by atoms with van der Waals surface area (Å²) < 4.78 is 1.26. The lowest BCUT2D eigenvalue weighted by Gasteiger charge is -2.16. The van der Waals surface area contributed by atoms with Gasteiger partial charge in [0.25, 0.3) is 0 Å². The summed E-state index contributed by atoms with van der Waals surface area (Å²) in [5.41, 5.74) is 1.39. The van der Waals surface area contributed by atoms with E-state index in [0.717, 1.165) is 11.4 Å². The average Bonchev–Trinajstić information content (AvgIpc) is 3.08. The third-order valence-corrected chi connectivity index (χ3v) is 4.08. The summed E-state index contributed by atoms with van der Waals surface area (Å²) in [5.74, 6) is -0.243. The molecule has 3 heterocycles. The first-order valence-electron chi connectivity index (χ1n) is 7.51. The number of aromatic nitrogens is 4. The summed E-state index contributed by atoms with van der Waals surface area (Å²) in [6.45, 7) is 2.60. The number of aliphatic hydroxyl groups is 1. The van der Waals surface area contributed by atoms with Gasteiger partial charge >= 0.3 is 5.69 Å². The van der Waals surface area contributed by atoms with Gasteiger partial charge in [-0.25, -0.2) is 9.78 Å². The summed E-state index contributed by atoms with van der Waals surface area (Å²) in [4.78, 5) is 29.1. The van der Waals surface area contributed by atoms with E-state index in [0.29, 0.717) is 13.0 Å². The maximum absolute atomic E-state index is 12.3. The molecule has 23 heavy (non-hydrogen) atoms. The Bertz CT molecular complexity index is 753. The van der Waals surface area contributed by atoms with E-state index < -0.39 is 11.8 Å². The molecule has 122 valence electrons. The Kier molecular flexibility index (Phi) is 4.24. The number of aliphatic hydroxyl groups excluding tert-OH is 1. The van der Waals surface area contributed by atoms with E-state index in [-0.39, 0.29) is 24.9 Å². The standard InChI is InChI=1S/C15H19N5O3/c1-10-5-12(18-17-10)6-11-7-20(8-13(11)21)14(22)9-19-4-2-3-16-15(19)23/h2-5,11,13,21H,6-9H2,1H3,(H,17,18)/t11-,13-/m1/s1. The molecular weight excluding hydrogens is 298 g/mol. The number of nitrogens with one attached hydrogen (secondary N) is 1. The Morgan fingerprint density at radius 1 is 1.48 bits per heavy atom. The number of hydrogen-bond donors (Lipinski definition) is 2. The molecule has 0 saturated carbocycles. The maximum atomic E-state index is 12.3. The summed E-state index contributed by atoms with van der Waals surface area (Å²) >= 11 is 0. The van der Waals surface area contributed by atoms with Crippen molar-refractivity contribution in [2.45, 2.75) is 26.0 Å². The fourth-order valence-corrected chi connectivity index (χ4v) is 2.86. The van der Waals surface area contributed by atoms with Crippen LogP contribution in [0.3, 0.4) is 0 Å². The molecule has 0 spiro atoms. The van der Waals surface area contributed by atoms with Crippen molar-refractivity contribution < 1.29 is 9.90 Å². The average molecular weight is 317 g/mol. The van der Waals surface area contributed by atoms with Crippen molar-refractivity contribution in [2.75, 3.05) is 13.1 Å². The molecule has 0 aliphatic carbocycles. The summed E-state index contributed by atoms with van der Waals surface area (Å²) in [5, 5.41) is 17.2. The number of β-amino-alcohol motifs (C(OH)–C–C–N with tert-alkyl or cyclic N) is 1. The van der Waals surface area contributed by atoms with Crippen LogP contribution >= 0.6 is 0 Å². The molecule has 1 fully saturated rings. The van der Waals surface area contributed by atoms with Crippen molar-refractivity contribution in [1.29, 1.82) is 0 Å². The molecule has 2 aromatic rings. The Balaban J connectivity index is 1.62. The van der Waals surface area contributed by atoms with Gasteiger partial charge in [-0.3, -0.25) is 14.5 Å². The number of carbonyl (C=O) groups is 1. The third-order valence-electron chi connectivity index (χ3n) is 4.08. The lowest BCUT2D eigenvalue weighted by molar-refractivity contribution is -0.131. The maximum Gasteiger partial charge on any atom is 0.347 e. The van der Waals surface area contributed by atoms with Crippen molar-refractivity contribution in [3.8, 4) is 0 Å². The largest absolute Gasteiger partial charge is 0.391 e. The van der Waals surface area contributed by atoms with E-state index in [1.807, 2.05) is 13.0 Å². The van der Waals surface area contributed by atoms with Crippen LogP contribution in [0.25, 0.3) is 0 Å². The molecule has 0 bridgehead atoms. The van der Waals surface area contributed by atoms with Gasteiger partial charge in [-0.2, -0.15) is 5.10 Å². The molecule has 2 atom stereocenters.